The number of aromatic nitrogens is 4. The molecule has 0 fully saturated rings. The highest BCUT2D eigenvalue weighted by Crippen LogP contribution is 2.37. The van der Waals surface area contributed by atoms with Crippen molar-refractivity contribution in [2.45, 2.75) is 26.3 Å². The molecule has 6 nitrogen and oxygen atoms in total. The van der Waals surface area contributed by atoms with Gasteiger partial charge in [0.25, 0.3) is 0 Å². The smallest absolute Gasteiger partial charge is 0.231 e. The van der Waals surface area contributed by atoms with Crippen LogP contribution in [-0.2, 0) is 6.54 Å². The van der Waals surface area contributed by atoms with Crippen LogP contribution in [0.3, 0.4) is 0 Å². The minimum Gasteiger partial charge on any atom is -0.454 e. The monoisotopic (exact) mass is 400 g/mol. The maximum Gasteiger partial charge on any atom is 0.231 e. The first-order chi connectivity index (χ1) is 12.1. The summed E-state index contributed by atoms with van der Waals surface area (Å²) in [5, 5.41) is 12.8. The van der Waals surface area contributed by atoms with Gasteiger partial charge in [0.2, 0.25) is 12.6 Å². The first-order valence-electron chi connectivity index (χ1n) is 8.06. The predicted octanol–water partition coefficient (Wildman–Crippen LogP) is 4.00. The molecular weight excluding hydrogens is 384 g/mol. The molecular formula is C18H17BrN4O2. The Kier molecular flexibility index (Phi) is 4.17. The van der Waals surface area contributed by atoms with Crippen LogP contribution in [-0.4, -0.2) is 27.0 Å². The summed E-state index contributed by atoms with van der Waals surface area (Å²) in [6.45, 7) is 5.09. The van der Waals surface area contributed by atoms with Crippen LogP contribution in [0.25, 0.3) is 11.4 Å². The van der Waals surface area contributed by atoms with Crippen molar-refractivity contribution in [3.05, 3.63) is 52.0 Å². The normalized spacial score (nSPS) is 12.8. The van der Waals surface area contributed by atoms with Crippen LogP contribution in [0.5, 0.6) is 11.5 Å². The molecule has 0 N–H and O–H groups in total. The van der Waals surface area contributed by atoms with E-state index in [2.05, 4.69) is 57.3 Å². The van der Waals surface area contributed by atoms with E-state index in [4.69, 9.17) is 9.47 Å². The van der Waals surface area contributed by atoms with Gasteiger partial charge in [-0.25, -0.2) is 0 Å². The zero-order valence-corrected chi connectivity index (χ0v) is 15.5. The Labute approximate surface area is 153 Å². The Morgan fingerprint density at radius 3 is 2.56 bits per heavy atom. The van der Waals surface area contributed by atoms with Crippen molar-refractivity contribution in [2.75, 3.05) is 6.79 Å². The van der Waals surface area contributed by atoms with Crippen molar-refractivity contribution >= 4 is 15.9 Å². The van der Waals surface area contributed by atoms with Gasteiger partial charge in [0.05, 0.1) is 6.54 Å². The lowest BCUT2D eigenvalue weighted by Gasteiger charge is -2.05. The lowest BCUT2D eigenvalue weighted by atomic mass is 10.0. The molecule has 0 atom stereocenters. The van der Waals surface area contributed by atoms with Crippen LogP contribution in [0.4, 0.5) is 0 Å². The predicted molar refractivity (Wildman–Crippen MR) is 96.7 cm³/mol. The fourth-order valence-electron chi connectivity index (χ4n) is 2.68. The van der Waals surface area contributed by atoms with Crippen molar-refractivity contribution in [1.29, 1.82) is 0 Å². The Hall–Kier alpha value is -2.41. The topological polar surface area (TPSA) is 62.1 Å². The molecule has 1 aliphatic rings. The minimum atomic E-state index is 0.253. The van der Waals surface area contributed by atoms with Crippen molar-refractivity contribution in [3.8, 4) is 22.9 Å². The SMILES string of the molecule is CC(C)c1ccc(-c2nnn(Cc3cc4c(cc3Br)OCO4)n2)cc1. The maximum atomic E-state index is 5.43. The number of ether oxygens (including phenoxy) is 2. The molecule has 0 saturated heterocycles. The molecule has 3 aromatic rings. The molecule has 0 bridgehead atoms. The number of halogens is 1. The lowest BCUT2D eigenvalue weighted by molar-refractivity contribution is 0.174. The third-order valence-corrected chi connectivity index (χ3v) is 4.88. The number of hydrogen-bond donors (Lipinski definition) is 0. The van der Waals surface area contributed by atoms with Crippen molar-refractivity contribution in [3.63, 3.8) is 0 Å². The van der Waals surface area contributed by atoms with Crippen LogP contribution in [0.15, 0.2) is 40.9 Å². The molecule has 25 heavy (non-hydrogen) atoms. The molecule has 4 rings (SSSR count). The summed E-state index contributed by atoms with van der Waals surface area (Å²) in [4.78, 5) is 1.58. The summed E-state index contributed by atoms with van der Waals surface area (Å²) in [6, 6.07) is 12.1. The Bertz CT molecular complexity index is 906. The van der Waals surface area contributed by atoms with Crippen LogP contribution >= 0.6 is 15.9 Å². The zero-order valence-electron chi connectivity index (χ0n) is 13.9. The van der Waals surface area contributed by atoms with Gasteiger partial charge in [-0.1, -0.05) is 54.0 Å². The van der Waals surface area contributed by atoms with Gasteiger partial charge in [0.1, 0.15) is 0 Å². The Morgan fingerprint density at radius 2 is 1.84 bits per heavy atom. The van der Waals surface area contributed by atoms with Crippen molar-refractivity contribution in [1.82, 2.24) is 20.2 Å². The molecule has 0 amide bonds. The Balaban J connectivity index is 1.56. The fourth-order valence-corrected chi connectivity index (χ4v) is 3.12. The van der Waals surface area contributed by atoms with Crippen molar-refractivity contribution in [2.24, 2.45) is 0 Å². The zero-order chi connectivity index (χ0) is 17.4. The van der Waals surface area contributed by atoms with E-state index >= 15 is 0 Å². The largest absolute Gasteiger partial charge is 0.454 e. The van der Waals surface area contributed by atoms with Gasteiger partial charge in [-0.05, 0) is 34.4 Å². The number of benzene rings is 2. The van der Waals surface area contributed by atoms with Gasteiger partial charge in [0, 0.05) is 10.0 Å². The standard InChI is InChI=1S/C18H17BrN4O2/c1-11(2)12-3-5-13(6-4-12)18-20-22-23(21-18)9-14-7-16-17(8-15(14)19)25-10-24-16/h3-8,11H,9-10H2,1-2H3. The maximum absolute atomic E-state index is 5.43. The first-order valence-corrected chi connectivity index (χ1v) is 8.85. The molecule has 128 valence electrons. The van der Waals surface area contributed by atoms with Gasteiger partial charge < -0.3 is 9.47 Å². The minimum absolute atomic E-state index is 0.253. The summed E-state index contributed by atoms with van der Waals surface area (Å²) < 4.78 is 11.7. The third-order valence-electron chi connectivity index (χ3n) is 4.14. The second-order valence-electron chi connectivity index (χ2n) is 6.22. The summed E-state index contributed by atoms with van der Waals surface area (Å²) in [5.41, 5.74) is 3.25. The van der Waals surface area contributed by atoms with E-state index in [9.17, 15) is 0 Å². The van der Waals surface area contributed by atoms with E-state index in [1.807, 2.05) is 24.3 Å². The number of rotatable bonds is 4. The number of hydrogen-bond acceptors (Lipinski definition) is 5. The average Bonchev–Trinajstić information content (AvgIpc) is 3.24. The third kappa shape index (κ3) is 3.24. The van der Waals surface area contributed by atoms with E-state index in [-0.39, 0.29) is 6.79 Å². The fraction of sp³-hybridized carbons (Fsp3) is 0.278. The van der Waals surface area contributed by atoms with Gasteiger partial charge in [-0.2, -0.15) is 4.80 Å². The summed E-state index contributed by atoms with van der Waals surface area (Å²) in [7, 11) is 0. The lowest BCUT2D eigenvalue weighted by Crippen LogP contribution is -2.04. The first kappa shape index (κ1) is 16.1. The van der Waals surface area contributed by atoms with Gasteiger partial charge in [0.15, 0.2) is 11.5 Å². The quantitative estimate of drug-likeness (QED) is 0.661. The summed E-state index contributed by atoms with van der Waals surface area (Å²) in [5.74, 6) is 2.60. The highest BCUT2D eigenvalue weighted by Gasteiger charge is 2.17. The molecule has 0 saturated carbocycles. The molecule has 7 heteroatoms. The second kappa shape index (κ2) is 6.48. The molecule has 0 spiro atoms. The van der Waals surface area contributed by atoms with Gasteiger partial charge >= 0.3 is 0 Å². The van der Waals surface area contributed by atoms with Gasteiger partial charge in [-0.15, -0.1) is 10.2 Å². The van der Waals surface area contributed by atoms with Crippen molar-refractivity contribution < 1.29 is 9.47 Å². The molecule has 1 aromatic heterocycles. The van der Waals surface area contributed by atoms with E-state index in [1.54, 1.807) is 4.80 Å². The number of fused-ring (bicyclic) bond motifs is 1. The van der Waals surface area contributed by atoms with E-state index in [1.165, 1.54) is 5.56 Å². The highest BCUT2D eigenvalue weighted by molar-refractivity contribution is 9.10. The summed E-state index contributed by atoms with van der Waals surface area (Å²) in [6.07, 6.45) is 0. The number of nitrogens with zero attached hydrogens (tertiary/aromatic N) is 4. The second-order valence-corrected chi connectivity index (χ2v) is 7.07. The van der Waals surface area contributed by atoms with Crippen LogP contribution in [0.2, 0.25) is 0 Å². The van der Waals surface area contributed by atoms with Crippen LogP contribution < -0.4 is 9.47 Å². The molecule has 1 aliphatic heterocycles. The van der Waals surface area contributed by atoms with E-state index in [0.717, 1.165) is 27.1 Å². The molecule has 0 unspecified atom stereocenters. The molecule has 2 heterocycles. The summed E-state index contributed by atoms with van der Waals surface area (Å²) >= 11 is 3.56. The van der Waals surface area contributed by atoms with Crippen LogP contribution in [0.1, 0.15) is 30.9 Å². The molecule has 0 aliphatic carbocycles. The number of tetrazole rings is 1. The highest BCUT2D eigenvalue weighted by atomic mass is 79.9. The van der Waals surface area contributed by atoms with E-state index in [0.29, 0.717) is 18.3 Å². The molecule has 0 radical (unpaired) electrons. The van der Waals surface area contributed by atoms with Crippen LogP contribution in [0, 0.1) is 0 Å². The van der Waals surface area contributed by atoms with E-state index < -0.39 is 0 Å². The average molecular weight is 401 g/mol. The Morgan fingerprint density at radius 1 is 1.12 bits per heavy atom. The van der Waals surface area contributed by atoms with Gasteiger partial charge in [-0.3, -0.25) is 0 Å². The molecule has 2 aromatic carbocycles.